The molecule has 0 aromatic carbocycles. The van der Waals surface area contributed by atoms with Crippen LogP contribution in [0.15, 0.2) is 24.8 Å². The molecule has 1 nitrogen and oxygen atoms in total. The zero-order valence-corrected chi connectivity index (χ0v) is 6.16. The van der Waals surface area contributed by atoms with Crippen LogP contribution in [0.4, 0.5) is 0 Å². The highest BCUT2D eigenvalue weighted by atomic mass is 16.3. The number of rotatable bonds is 2. The lowest BCUT2D eigenvalue weighted by molar-refractivity contribution is 0.107. The summed E-state index contributed by atoms with van der Waals surface area (Å²) in [5, 5.41) is 9.40. The smallest absolute Gasteiger partial charge is 0.0608 e. The van der Waals surface area contributed by atoms with E-state index in [0.717, 1.165) is 19.3 Å². The Labute approximate surface area is 62.1 Å². The molecule has 0 bridgehead atoms. The molecule has 0 unspecified atom stereocenters. The van der Waals surface area contributed by atoms with Crippen LogP contribution in [0.2, 0.25) is 0 Å². The van der Waals surface area contributed by atoms with Gasteiger partial charge in [0.15, 0.2) is 0 Å². The van der Waals surface area contributed by atoms with Gasteiger partial charge in [-0.1, -0.05) is 18.2 Å². The molecule has 0 aromatic rings. The number of aliphatic hydroxyl groups is 1. The van der Waals surface area contributed by atoms with Crippen molar-refractivity contribution in [2.45, 2.75) is 25.4 Å². The molecule has 1 heteroatoms. The average molecular weight is 138 g/mol. The molecule has 0 saturated heterocycles. The molecule has 0 aromatic heterocycles. The molecule has 0 fully saturated rings. The Bertz CT molecular complexity index is 138. The molecule has 0 saturated carbocycles. The Morgan fingerprint density at radius 3 is 2.80 bits per heavy atom. The maximum absolute atomic E-state index is 9.40. The first kappa shape index (κ1) is 7.55. The first-order valence-electron chi connectivity index (χ1n) is 3.78. The topological polar surface area (TPSA) is 20.2 Å². The summed E-state index contributed by atoms with van der Waals surface area (Å²) in [7, 11) is 0. The Kier molecular flexibility index (Phi) is 2.69. The molecule has 0 heterocycles. The molecular formula is C9H14O. The fourth-order valence-corrected chi connectivity index (χ4v) is 1.32. The third-order valence-electron chi connectivity index (χ3n) is 2.00. The van der Waals surface area contributed by atoms with E-state index >= 15 is 0 Å². The van der Waals surface area contributed by atoms with Crippen molar-refractivity contribution in [3.63, 3.8) is 0 Å². The third-order valence-corrected chi connectivity index (χ3v) is 2.00. The summed E-state index contributed by atoms with van der Waals surface area (Å²) >= 11 is 0. The largest absolute Gasteiger partial charge is 0.392 e. The highest BCUT2D eigenvalue weighted by Gasteiger charge is 2.17. The van der Waals surface area contributed by atoms with E-state index < -0.39 is 0 Å². The minimum absolute atomic E-state index is 0.136. The molecule has 0 aliphatic heterocycles. The lowest BCUT2D eigenvalue weighted by Gasteiger charge is -2.22. The molecule has 0 amide bonds. The summed E-state index contributed by atoms with van der Waals surface area (Å²) in [5.74, 6) is 0.419. The zero-order chi connectivity index (χ0) is 7.40. The Morgan fingerprint density at radius 1 is 1.50 bits per heavy atom. The first-order valence-corrected chi connectivity index (χ1v) is 3.78. The van der Waals surface area contributed by atoms with Crippen molar-refractivity contribution in [1.29, 1.82) is 0 Å². The van der Waals surface area contributed by atoms with Gasteiger partial charge >= 0.3 is 0 Å². The standard InChI is InChI=1S/C9H14O/c1-2-5-8-6-3-4-7-9(8)10/h2-4,8-10H,1,5-7H2/t8-,9+/m1/s1. The van der Waals surface area contributed by atoms with Crippen molar-refractivity contribution in [1.82, 2.24) is 0 Å². The molecule has 56 valence electrons. The van der Waals surface area contributed by atoms with Crippen LogP contribution in [-0.2, 0) is 0 Å². The predicted molar refractivity (Wildman–Crippen MR) is 42.7 cm³/mol. The van der Waals surface area contributed by atoms with Crippen LogP contribution in [0.1, 0.15) is 19.3 Å². The number of aliphatic hydroxyl groups excluding tert-OH is 1. The second kappa shape index (κ2) is 3.57. The monoisotopic (exact) mass is 138 g/mol. The second-order valence-corrected chi connectivity index (χ2v) is 2.79. The minimum atomic E-state index is -0.136. The van der Waals surface area contributed by atoms with Crippen LogP contribution in [-0.4, -0.2) is 11.2 Å². The lowest BCUT2D eigenvalue weighted by Crippen LogP contribution is -2.20. The summed E-state index contributed by atoms with van der Waals surface area (Å²) < 4.78 is 0. The van der Waals surface area contributed by atoms with Crippen molar-refractivity contribution >= 4 is 0 Å². The van der Waals surface area contributed by atoms with Gasteiger partial charge in [-0.25, -0.2) is 0 Å². The van der Waals surface area contributed by atoms with Crippen molar-refractivity contribution < 1.29 is 5.11 Å². The first-order chi connectivity index (χ1) is 4.84. The van der Waals surface area contributed by atoms with E-state index in [9.17, 15) is 5.11 Å². The maximum Gasteiger partial charge on any atom is 0.0608 e. The lowest BCUT2D eigenvalue weighted by atomic mass is 9.89. The molecular weight excluding hydrogens is 124 g/mol. The van der Waals surface area contributed by atoms with Crippen molar-refractivity contribution in [2.75, 3.05) is 0 Å². The van der Waals surface area contributed by atoms with Crippen molar-refractivity contribution in [3.05, 3.63) is 24.8 Å². The second-order valence-electron chi connectivity index (χ2n) is 2.79. The van der Waals surface area contributed by atoms with Crippen LogP contribution < -0.4 is 0 Å². The van der Waals surface area contributed by atoms with Gasteiger partial charge in [-0.05, 0) is 25.2 Å². The zero-order valence-electron chi connectivity index (χ0n) is 6.16. The van der Waals surface area contributed by atoms with E-state index in [-0.39, 0.29) is 6.10 Å². The highest BCUT2D eigenvalue weighted by Crippen LogP contribution is 2.21. The maximum atomic E-state index is 9.40. The predicted octanol–water partition coefficient (Wildman–Crippen LogP) is 1.89. The highest BCUT2D eigenvalue weighted by molar-refractivity contribution is 4.96. The molecule has 2 atom stereocenters. The summed E-state index contributed by atoms with van der Waals surface area (Å²) in [6.45, 7) is 3.65. The van der Waals surface area contributed by atoms with Crippen LogP contribution in [0.5, 0.6) is 0 Å². The van der Waals surface area contributed by atoms with Crippen molar-refractivity contribution in [2.24, 2.45) is 5.92 Å². The van der Waals surface area contributed by atoms with E-state index in [0.29, 0.717) is 5.92 Å². The van der Waals surface area contributed by atoms with Gasteiger partial charge in [0.05, 0.1) is 6.10 Å². The van der Waals surface area contributed by atoms with E-state index in [1.165, 1.54) is 0 Å². The SMILES string of the molecule is C=CC[C@@H]1CC=CC[C@@H]1O. The quantitative estimate of drug-likeness (QED) is 0.578. The van der Waals surface area contributed by atoms with Crippen LogP contribution in [0, 0.1) is 5.92 Å². The molecule has 1 aliphatic rings. The average Bonchev–Trinajstić information content (AvgIpc) is 1.94. The summed E-state index contributed by atoms with van der Waals surface area (Å²) in [6.07, 6.45) is 8.69. The van der Waals surface area contributed by atoms with Gasteiger partial charge in [0.1, 0.15) is 0 Å². The van der Waals surface area contributed by atoms with Crippen LogP contribution >= 0.6 is 0 Å². The molecule has 1 N–H and O–H groups in total. The minimum Gasteiger partial charge on any atom is -0.392 e. The molecule has 1 rings (SSSR count). The molecule has 1 aliphatic carbocycles. The molecule has 0 spiro atoms. The number of hydrogen-bond donors (Lipinski definition) is 1. The number of hydrogen-bond acceptors (Lipinski definition) is 1. The van der Waals surface area contributed by atoms with E-state index in [2.05, 4.69) is 12.7 Å². The Balaban J connectivity index is 2.42. The molecule has 10 heavy (non-hydrogen) atoms. The fraction of sp³-hybridized carbons (Fsp3) is 0.556. The summed E-state index contributed by atoms with van der Waals surface area (Å²) in [6, 6.07) is 0. The van der Waals surface area contributed by atoms with Crippen LogP contribution in [0.25, 0.3) is 0 Å². The Morgan fingerprint density at radius 2 is 2.20 bits per heavy atom. The number of allylic oxidation sites excluding steroid dienone is 2. The van der Waals surface area contributed by atoms with Gasteiger partial charge in [-0.2, -0.15) is 0 Å². The van der Waals surface area contributed by atoms with Gasteiger partial charge in [0.25, 0.3) is 0 Å². The van der Waals surface area contributed by atoms with Gasteiger partial charge in [-0.3, -0.25) is 0 Å². The van der Waals surface area contributed by atoms with Gasteiger partial charge < -0.3 is 5.11 Å². The molecule has 0 radical (unpaired) electrons. The Hall–Kier alpha value is -0.560. The van der Waals surface area contributed by atoms with E-state index in [4.69, 9.17) is 0 Å². The van der Waals surface area contributed by atoms with Gasteiger partial charge in [0, 0.05) is 0 Å². The van der Waals surface area contributed by atoms with Gasteiger partial charge in [0.2, 0.25) is 0 Å². The summed E-state index contributed by atoms with van der Waals surface area (Å²) in [5.41, 5.74) is 0. The van der Waals surface area contributed by atoms with Crippen LogP contribution in [0.3, 0.4) is 0 Å². The fourth-order valence-electron chi connectivity index (χ4n) is 1.32. The van der Waals surface area contributed by atoms with Crippen molar-refractivity contribution in [3.8, 4) is 0 Å². The van der Waals surface area contributed by atoms with E-state index in [1.807, 2.05) is 12.2 Å². The van der Waals surface area contributed by atoms with Gasteiger partial charge in [-0.15, -0.1) is 6.58 Å². The third kappa shape index (κ3) is 1.71. The van der Waals surface area contributed by atoms with E-state index in [1.54, 1.807) is 0 Å². The summed E-state index contributed by atoms with van der Waals surface area (Å²) in [4.78, 5) is 0. The normalized spacial score (nSPS) is 32.1.